The van der Waals surface area contributed by atoms with Crippen LogP contribution >= 0.6 is 0 Å². The lowest BCUT2D eigenvalue weighted by Crippen LogP contribution is -2.32. The fourth-order valence-corrected chi connectivity index (χ4v) is 3.58. The van der Waals surface area contributed by atoms with Gasteiger partial charge in [0.05, 0.1) is 20.8 Å². The van der Waals surface area contributed by atoms with E-state index >= 15 is 0 Å². The van der Waals surface area contributed by atoms with Crippen molar-refractivity contribution >= 4 is 17.6 Å². The average Bonchev–Trinajstić information content (AvgIpc) is 3.24. The topological polar surface area (TPSA) is 102 Å². The number of hydrogen-bond acceptors (Lipinski definition) is 6. The van der Waals surface area contributed by atoms with Gasteiger partial charge in [-0.1, -0.05) is 24.3 Å². The zero-order valence-corrected chi connectivity index (χ0v) is 19.2. The number of ether oxygens (including phenoxy) is 2. The highest BCUT2D eigenvalue weighted by Gasteiger charge is 2.24. The molecule has 170 valence electrons. The van der Waals surface area contributed by atoms with Gasteiger partial charge in [0.15, 0.2) is 11.5 Å². The molecule has 0 fully saturated rings. The molecule has 2 aromatic carbocycles. The molecular weight excluding hydrogens is 422 g/mol. The van der Waals surface area contributed by atoms with Crippen molar-refractivity contribution in [3.8, 4) is 11.5 Å². The molecule has 0 saturated carbocycles. The minimum atomic E-state index is -0.261. The van der Waals surface area contributed by atoms with Crippen molar-refractivity contribution < 1.29 is 14.3 Å². The van der Waals surface area contributed by atoms with E-state index in [-0.39, 0.29) is 29.7 Å². The Morgan fingerprint density at radius 3 is 2.45 bits per heavy atom. The summed E-state index contributed by atoms with van der Waals surface area (Å²) >= 11 is 0. The molecule has 2 aromatic heterocycles. The zero-order chi connectivity index (χ0) is 23.7. The highest BCUT2D eigenvalue weighted by atomic mass is 16.5. The predicted molar refractivity (Wildman–Crippen MR) is 124 cm³/mol. The number of methoxy groups -OCH3 is 2. The van der Waals surface area contributed by atoms with Crippen LogP contribution < -0.4 is 19.9 Å². The van der Waals surface area contributed by atoms with Crippen molar-refractivity contribution in [2.75, 3.05) is 19.1 Å². The fraction of sp³-hybridized carbons (Fsp3) is 0.250. The van der Waals surface area contributed by atoms with Gasteiger partial charge in [-0.2, -0.15) is 9.50 Å². The number of aromatic nitrogens is 4. The molecular formula is C24H25N5O4. The summed E-state index contributed by atoms with van der Waals surface area (Å²) in [4.78, 5) is 36.7. The number of H-pyrrole nitrogens is 1. The molecule has 0 bridgehead atoms. The van der Waals surface area contributed by atoms with Crippen LogP contribution in [0.3, 0.4) is 0 Å². The first kappa shape index (κ1) is 22.1. The predicted octanol–water partition coefficient (Wildman–Crippen LogP) is 3.21. The molecule has 4 rings (SSSR count). The molecule has 2 heterocycles. The fourth-order valence-electron chi connectivity index (χ4n) is 3.58. The first-order chi connectivity index (χ1) is 15.8. The Balaban J connectivity index is 1.84. The molecule has 33 heavy (non-hydrogen) atoms. The summed E-state index contributed by atoms with van der Waals surface area (Å²) < 4.78 is 12.0. The maximum absolute atomic E-state index is 13.6. The van der Waals surface area contributed by atoms with Gasteiger partial charge >= 0.3 is 0 Å². The van der Waals surface area contributed by atoms with E-state index in [1.165, 1.54) is 9.42 Å². The second-order valence-corrected chi connectivity index (χ2v) is 7.71. The van der Waals surface area contributed by atoms with Crippen LogP contribution in [0.2, 0.25) is 0 Å². The Hall–Kier alpha value is -4.14. The summed E-state index contributed by atoms with van der Waals surface area (Å²) in [5.74, 6) is 1.29. The molecule has 9 nitrogen and oxygen atoms in total. The summed E-state index contributed by atoms with van der Waals surface area (Å²) in [5, 5.41) is 2.95. The largest absolute Gasteiger partial charge is 0.493 e. The van der Waals surface area contributed by atoms with Crippen LogP contribution in [0.25, 0.3) is 5.78 Å². The lowest BCUT2D eigenvalue weighted by Gasteiger charge is -2.21. The van der Waals surface area contributed by atoms with Crippen LogP contribution in [0.4, 0.5) is 5.95 Å². The van der Waals surface area contributed by atoms with Crippen molar-refractivity contribution in [2.24, 2.45) is 0 Å². The maximum Gasteiger partial charge on any atom is 0.277 e. The molecule has 0 unspecified atom stereocenters. The van der Waals surface area contributed by atoms with E-state index in [0.717, 1.165) is 11.1 Å². The molecule has 0 aliphatic heterocycles. The van der Waals surface area contributed by atoms with E-state index < -0.39 is 0 Å². The lowest BCUT2D eigenvalue weighted by molar-refractivity contribution is 0.0983. The Labute approximate surface area is 190 Å². The summed E-state index contributed by atoms with van der Waals surface area (Å²) in [6.45, 7) is 5.52. The minimum absolute atomic E-state index is 0.181. The molecule has 0 spiro atoms. The third-order valence-electron chi connectivity index (χ3n) is 5.62. The lowest BCUT2D eigenvalue weighted by atomic mass is 10.1. The van der Waals surface area contributed by atoms with Gasteiger partial charge in [0.25, 0.3) is 17.2 Å². The van der Waals surface area contributed by atoms with Gasteiger partial charge in [-0.15, -0.1) is 0 Å². The minimum Gasteiger partial charge on any atom is -0.493 e. The van der Waals surface area contributed by atoms with Crippen LogP contribution in [0.1, 0.15) is 32.7 Å². The van der Waals surface area contributed by atoms with Crippen LogP contribution in [-0.4, -0.2) is 39.7 Å². The number of rotatable bonds is 6. The summed E-state index contributed by atoms with van der Waals surface area (Å²) in [6.07, 6.45) is 0. The quantitative estimate of drug-likeness (QED) is 0.487. The molecule has 0 saturated heterocycles. The smallest absolute Gasteiger partial charge is 0.277 e. The van der Waals surface area contributed by atoms with Crippen molar-refractivity contribution in [1.29, 1.82) is 0 Å². The monoisotopic (exact) mass is 447 g/mol. The summed E-state index contributed by atoms with van der Waals surface area (Å²) in [7, 11) is 3.12. The van der Waals surface area contributed by atoms with E-state index in [1.54, 1.807) is 46.3 Å². The molecule has 0 atom stereocenters. The molecule has 1 amide bonds. The van der Waals surface area contributed by atoms with Gasteiger partial charge in [0.2, 0.25) is 5.95 Å². The number of aryl methyl sites for hydroxylation is 2. The molecule has 0 aliphatic rings. The highest BCUT2D eigenvalue weighted by Crippen LogP contribution is 2.29. The van der Waals surface area contributed by atoms with Gasteiger partial charge < -0.3 is 9.47 Å². The van der Waals surface area contributed by atoms with Crippen molar-refractivity contribution in [1.82, 2.24) is 19.6 Å². The van der Waals surface area contributed by atoms with E-state index in [0.29, 0.717) is 28.3 Å². The maximum atomic E-state index is 13.6. The Bertz CT molecular complexity index is 1410. The number of amides is 1. The van der Waals surface area contributed by atoms with Crippen LogP contribution in [0, 0.1) is 20.8 Å². The van der Waals surface area contributed by atoms with E-state index in [4.69, 9.17) is 9.47 Å². The number of aromatic amines is 1. The van der Waals surface area contributed by atoms with Crippen molar-refractivity contribution in [2.45, 2.75) is 27.3 Å². The molecule has 0 aliphatic carbocycles. The van der Waals surface area contributed by atoms with Gasteiger partial charge in [-0.25, -0.2) is 4.98 Å². The second-order valence-electron chi connectivity index (χ2n) is 7.71. The molecule has 1 N–H and O–H groups in total. The number of carbonyl (C=O) groups excluding carboxylic acids is 1. The van der Waals surface area contributed by atoms with Crippen LogP contribution in [-0.2, 0) is 6.54 Å². The van der Waals surface area contributed by atoms with Gasteiger partial charge in [-0.3, -0.25) is 19.6 Å². The highest BCUT2D eigenvalue weighted by molar-refractivity contribution is 6.06. The molecule has 4 aromatic rings. The SMILES string of the molecule is COc1ccc(CN(C(=O)c2ccccc2C)c2nc3nc(C)c(C)c(=O)n3[nH]2)cc1OC. The normalized spacial score (nSPS) is 10.9. The van der Waals surface area contributed by atoms with E-state index in [1.807, 2.05) is 31.2 Å². The zero-order valence-electron chi connectivity index (χ0n) is 19.2. The Morgan fingerprint density at radius 1 is 1.03 bits per heavy atom. The number of carbonyl (C=O) groups is 1. The number of benzene rings is 2. The van der Waals surface area contributed by atoms with E-state index in [2.05, 4.69) is 15.1 Å². The molecule has 0 radical (unpaired) electrons. The Kier molecular flexibility index (Phi) is 5.87. The second kappa shape index (κ2) is 8.78. The van der Waals surface area contributed by atoms with Crippen molar-refractivity contribution in [3.05, 3.63) is 80.8 Å². The summed E-state index contributed by atoms with van der Waals surface area (Å²) in [6, 6.07) is 12.8. The van der Waals surface area contributed by atoms with Gasteiger partial charge in [-0.05, 0) is 50.1 Å². The number of hydrogen-bond donors (Lipinski definition) is 1. The van der Waals surface area contributed by atoms with Gasteiger partial charge in [0.1, 0.15) is 0 Å². The Morgan fingerprint density at radius 2 is 1.76 bits per heavy atom. The van der Waals surface area contributed by atoms with Crippen LogP contribution in [0.5, 0.6) is 11.5 Å². The molecule has 9 heteroatoms. The number of fused-ring (bicyclic) bond motifs is 1. The third-order valence-corrected chi connectivity index (χ3v) is 5.62. The first-order valence-corrected chi connectivity index (χ1v) is 10.4. The standard InChI is InChI=1S/C24H25N5O4/c1-14-8-6-7-9-18(14)22(31)28(13-17-10-11-19(32-4)20(12-17)33-5)24-26-23-25-16(3)15(2)21(30)29(23)27-24/h6-12H,13H2,1-5H3,(H,25,26,27). The number of nitrogens with one attached hydrogen (secondary N) is 1. The third kappa shape index (κ3) is 4.05. The van der Waals surface area contributed by atoms with Gasteiger partial charge in [0, 0.05) is 16.8 Å². The summed E-state index contributed by atoms with van der Waals surface area (Å²) in [5.41, 5.74) is 3.01. The number of anilines is 1. The first-order valence-electron chi connectivity index (χ1n) is 10.4. The van der Waals surface area contributed by atoms with E-state index in [9.17, 15) is 9.59 Å². The van der Waals surface area contributed by atoms with Crippen LogP contribution in [0.15, 0.2) is 47.3 Å². The van der Waals surface area contributed by atoms with Crippen molar-refractivity contribution in [3.63, 3.8) is 0 Å². The number of nitrogens with zero attached hydrogens (tertiary/aromatic N) is 4. The average molecular weight is 447 g/mol.